The maximum atomic E-state index is 12.4. The summed E-state index contributed by atoms with van der Waals surface area (Å²) in [6, 6.07) is 14.7. The molecule has 0 spiro atoms. The van der Waals surface area contributed by atoms with Gasteiger partial charge in [0.25, 0.3) is 0 Å². The number of benzene rings is 2. The van der Waals surface area contributed by atoms with Crippen LogP contribution in [0.3, 0.4) is 0 Å². The Hall–Kier alpha value is -2.51. The van der Waals surface area contributed by atoms with Crippen molar-refractivity contribution in [3.63, 3.8) is 0 Å². The fourth-order valence-electron chi connectivity index (χ4n) is 2.52. The minimum atomic E-state index is -3.56. The second-order valence-electron chi connectivity index (χ2n) is 5.78. The molecule has 3 rings (SSSR count). The summed E-state index contributed by atoms with van der Waals surface area (Å²) in [5.74, 6) is 0.815. The van der Waals surface area contributed by atoms with Gasteiger partial charge in [0.2, 0.25) is 21.8 Å². The molecule has 2 aromatic carbocycles. The van der Waals surface area contributed by atoms with E-state index >= 15 is 0 Å². The lowest BCUT2D eigenvalue weighted by Crippen LogP contribution is -2.26. The van der Waals surface area contributed by atoms with E-state index in [1.165, 1.54) is 0 Å². The number of aromatic nitrogens is 2. The normalized spacial score (nSPS) is 11.6. The van der Waals surface area contributed by atoms with Gasteiger partial charge < -0.3 is 4.42 Å². The molecule has 0 fully saturated rings. The summed E-state index contributed by atoms with van der Waals surface area (Å²) >= 11 is 0. The van der Waals surface area contributed by atoms with E-state index in [1.54, 1.807) is 19.1 Å². The van der Waals surface area contributed by atoms with Crippen LogP contribution < -0.4 is 4.72 Å². The van der Waals surface area contributed by atoms with E-state index in [0.29, 0.717) is 18.2 Å². The molecule has 25 heavy (non-hydrogen) atoms. The first-order chi connectivity index (χ1) is 12.0. The molecule has 0 bridgehead atoms. The second kappa shape index (κ2) is 7.16. The molecular formula is C18H19N3O3S. The monoisotopic (exact) mass is 357 g/mol. The second-order valence-corrected chi connectivity index (χ2v) is 7.52. The first-order valence-electron chi connectivity index (χ1n) is 7.90. The minimum absolute atomic E-state index is 0.187. The van der Waals surface area contributed by atoms with Crippen molar-refractivity contribution in [1.82, 2.24) is 14.9 Å². The predicted molar refractivity (Wildman–Crippen MR) is 94.5 cm³/mol. The smallest absolute Gasteiger partial charge is 0.247 e. The van der Waals surface area contributed by atoms with Crippen molar-refractivity contribution in [3.8, 4) is 11.5 Å². The molecule has 6 nitrogen and oxygen atoms in total. The van der Waals surface area contributed by atoms with Gasteiger partial charge in [0.05, 0.1) is 4.90 Å². The molecule has 3 aromatic rings. The van der Waals surface area contributed by atoms with Crippen molar-refractivity contribution < 1.29 is 12.8 Å². The minimum Gasteiger partial charge on any atom is -0.421 e. The average Bonchev–Trinajstić information content (AvgIpc) is 3.04. The number of hydrogen-bond donors (Lipinski definition) is 1. The molecule has 1 heterocycles. The van der Waals surface area contributed by atoms with Crippen LogP contribution in [0.4, 0.5) is 0 Å². The molecule has 0 unspecified atom stereocenters. The summed E-state index contributed by atoms with van der Waals surface area (Å²) < 4.78 is 33.0. The van der Waals surface area contributed by atoms with Gasteiger partial charge in [-0.15, -0.1) is 10.2 Å². The zero-order valence-corrected chi connectivity index (χ0v) is 14.9. The van der Waals surface area contributed by atoms with Gasteiger partial charge in [-0.25, -0.2) is 13.1 Å². The zero-order valence-electron chi connectivity index (χ0n) is 14.1. The van der Waals surface area contributed by atoms with Crippen LogP contribution in [0.25, 0.3) is 11.5 Å². The number of hydrogen-bond acceptors (Lipinski definition) is 5. The highest BCUT2D eigenvalue weighted by Gasteiger charge is 2.17. The topological polar surface area (TPSA) is 85.1 Å². The van der Waals surface area contributed by atoms with Crippen molar-refractivity contribution in [1.29, 1.82) is 0 Å². The van der Waals surface area contributed by atoms with E-state index in [2.05, 4.69) is 14.9 Å². The highest BCUT2D eigenvalue weighted by Crippen LogP contribution is 2.18. The summed E-state index contributed by atoms with van der Waals surface area (Å²) in [6.45, 7) is 3.90. The molecule has 1 aromatic heterocycles. The zero-order chi connectivity index (χ0) is 17.9. The first kappa shape index (κ1) is 17.3. The van der Waals surface area contributed by atoms with Gasteiger partial charge >= 0.3 is 0 Å². The van der Waals surface area contributed by atoms with Gasteiger partial charge in [0.15, 0.2) is 0 Å². The molecule has 1 N–H and O–H groups in total. The standard InChI is InChI=1S/C18H19N3O3S/c1-13-8-9-16(14(2)12-13)25(22,23)19-11-10-17-20-21-18(24-17)15-6-4-3-5-7-15/h3-9,12,19H,10-11H2,1-2H3. The third kappa shape index (κ3) is 4.12. The third-order valence-corrected chi connectivity index (χ3v) is 5.36. The summed E-state index contributed by atoms with van der Waals surface area (Å²) in [5.41, 5.74) is 2.57. The number of rotatable bonds is 6. The lowest BCUT2D eigenvalue weighted by Gasteiger charge is -2.09. The Bertz CT molecular complexity index is 966. The molecule has 0 aliphatic heterocycles. The van der Waals surface area contributed by atoms with Crippen LogP contribution in [-0.2, 0) is 16.4 Å². The maximum absolute atomic E-state index is 12.4. The van der Waals surface area contributed by atoms with Crippen LogP contribution in [0.5, 0.6) is 0 Å². The van der Waals surface area contributed by atoms with E-state index in [0.717, 1.165) is 16.7 Å². The Kier molecular flexibility index (Phi) is 4.96. The van der Waals surface area contributed by atoms with Gasteiger partial charge in [-0.05, 0) is 37.6 Å². The molecule has 0 saturated carbocycles. The summed E-state index contributed by atoms with van der Waals surface area (Å²) in [4.78, 5) is 0.286. The van der Waals surface area contributed by atoms with Crippen LogP contribution in [0.1, 0.15) is 17.0 Å². The number of nitrogens with one attached hydrogen (secondary N) is 1. The van der Waals surface area contributed by atoms with Gasteiger partial charge in [-0.3, -0.25) is 0 Å². The predicted octanol–water partition coefficient (Wildman–Crippen LogP) is 2.87. The molecule has 0 saturated heterocycles. The van der Waals surface area contributed by atoms with Gasteiger partial charge in [0.1, 0.15) is 0 Å². The summed E-state index contributed by atoms with van der Waals surface area (Å²) in [5, 5.41) is 7.95. The Balaban J connectivity index is 1.64. The van der Waals surface area contributed by atoms with Gasteiger partial charge in [0, 0.05) is 18.5 Å². The molecule has 0 radical (unpaired) electrons. The quantitative estimate of drug-likeness (QED) is 0.733. The van der Waals surface area contributed by atoms with Crippen LogP contribution >= 0.6 is 0 Å². The fraction of sp³-hybridized carbons (Fsp3) is 0.222. The SMILES string of the molecule is Cc1ccc(S(=O)(=O)NCCc2nnc(-c3ccccc3)o2)c(C)c1. The lowest BCUT2D eigenvalue weighted by atomic mass is 10.2. The summed E-state index contributed by atoms with van der Waals surface area (Å²) in [7, 11) is -3.56. The number of nitrogens with zero attached hydrogens (tertiary/aromatic N) is 2. The molecule has 0 atom stereocenters. The maximum Gasteiger partial charge on any atom is 0.247 e. The van der Waals surface area contributed by atoms with Crippen molar-refractivity contribution in [2.24, 2.45) is 0 Å². The third-order valence-electron chi connectivity index (χ3n) is 3.74. The van der Waals surface area contributed by atoms with Crippen molar-refractivity contribution in [3.05, 3.63) is 65.5 Å². The first-order valence-corrected chi connectivity index (χ1v) is 9.39. The number of aryl methyl sites for hydroxylation is 2. The molecular weight excluding hydrogens is 338 g/mol. The highest BCUT2D eigenvalue weighted by atomic mass is 32.2. The van der Waals surface area contributed by atoms with Gasteiger partial charge in [-0.2, -0.15) is 0 Å². The fourth-order valence-corrected chi connectivity index (χ4v) is 3.78. The average molecular weight is 357 g/mol. The lowest BCUT2D eigenvalue weighted by molar-refractivity contribution is 0.502. The van der Waals surface area contributed by atoms with Crippen LogP contribution in [0.2, 0.25) is 0 Å². The van der Waals surface area contributed by atoms with Crippen LogP contribution in [-0.4, -0.2) is 25.2 Å². The van der Waals surface area contributed by atoms with Crippen molar-refractivity contribution in [2.45, 2.75) is 25.2 Å². The largest absolute Gasteiger partial charge is 0.421 e. The van der Waals surface area contributed by atoms with Gasteiger partial charge in [-0.1, -0.05) is 35.9 Å². The molecule has 0 amide bonds. The van der Waals surface area contributed by atoms with Crippen LogP contribution in [0.15, 0.2) is 57.8 Å². The molecule has 130 valence electrons. The van der Waals surface area contributed by atoms with Crippen molar-refractivity contribution >= 4 is 10.0 Å². The molecule has 0 aliphatic carbocycles. The molecule has 0 aliphatic rings. The van der Waals surface area contributed by atoms with E-state index < -0.39 is 10.0 Å². The molecule has 7 heteroatoms. The Morgan fingerprint density at radius 2 is 1.80 bits per heavy atom. The summed E-state index contributed by atoms with van der Waals surface area (Å²) in [6.07, 6.45) is 0.323. The van der Waals surface area contributed by atoms with Crippen LogP contribution in [0, 0.1) is 13.8 Å². The van der Waals surface area contributed by atoms with E-state index in [9.17, 15) is 8.42 Å². The van der Waals surface area contributed by atoms with E-state index in [-0.39, 0.29) is 11.4 Å². The van der Waals surface area contributed by atoms with E-state index in [1.807, 2.05) is 43.3 Å². The van der Waals surface area contributed by atoms with E-state index in [4.69, 9.17) is 4.42 Å². The highest BCUT2D eigenvalue weighted by molar-refractivity contribution is 7.89. The van der Waals surface area contributed by atoms with Crippen molar-refractivity contribution in [2.75, 3.05) is 6.54 Å². The number of sulfonamides is 1. The Labute approximate surface area is 147 Å². The Morgan fingerprint density at radius 3 is 2.52 bits per heavy atom. The Morgan fingerprint density at radius 1 is 1.04 bits per heavy atom.